The van der Waals surface area contributed by atoms with Gasteiger partial charge in [0, 0.05) is 41.4 Å². The number of anilines is 1. The van der Waals surface area contributed by atoms with Gasteiger partial charge in [-0.05, 0) is 37.8 Å². The number of hydrogen-bond donors (Lipinski definition) is 1. The monoisotopic (exact) mass is 406 g/mol. The molecular weight excluding hydrogens is 384 g/mol. The Labute approximate surface area is 173 Å². The van der Waals surface area contributed by atoms with Gasteiger partial charge in [-0.25, -0.2) is 10.3 Å². The molecule has 1 aliphatic heterocycles. The molecule has 8 nitrogen and oxygen atoms in total. The second kappa shape index (κ2) is 8.08. The number of hydrogen-bond acceptors (Lipinski definition) is 6. The van der Waals surface area contributed by atoms with Crippen molar-refractivity contribution in [2.75, 3.05) is 18.6 Å². The lowest BCUT2D eigenvalue weighted by molar-refractivity contribution is 0.0594. The number of nitrogens with one attached hydrogen (secondary N) is 1. The Hall–Kier alpha value is -3.52. The smallest absolute Gasteiger partial charge is 0.299 e. The maximum atomic E-state index is 12.8. The summed E-state index contributed by atoms with van der Waals surface area (Å²) in [5.74, 6) is -0.230. The lowest BCUT2D eigenvalue weighted by Gasteiger charge is -2.27. The molecule has 4 rings (SSSR count). The third-order valence-electron chi connectivity index (χ3n) is 5.17. The minimum absolute atomic E-state index is 0.230. The van der Waals surface area contributed by atoms with Crippen molar-refractivity contribution in [3.05, 3.63) is 69.8 Å². The van der Waals surface area contributed by atoms with Crippen LogP contribution in [0.3, 0.4) is 0 Å². The number of rotatable bonds is 7. The quantitative estimate of drug-likeness (QED) is 0.368. The zero-order valence-electron chi connectivity index (χ0n) is 16.8. The second-order valence-electron chi connectivity index (χ2n) is 7.12. The fourth-order valence-corrected chi connectivity index (χ4v) is 3.63. The molecule has 1 N–H and O–H groups in total. The number of imide groups is 1. The van der Waals surface area contributed by atoms with Gasteiger partial charge in [-0.2, -0.15) is 4.98 Å². The van der Waals surface area contributed by atoms with Crippen LogP contribution in [0.1, 0.15) is 39.6 Å². The number of benzene rings is 2. The van der Waals surface area contributed by atoms with E-state index < -0.39 is 0 Å². The minimum atomic E-state index is -0.355. The Kier molecular flexibility index (Phi) is 5.33. The molecule has 2 amide bonds. The van der Waals surface area contributed by atoms with Gasteiger partial charge >= 0.3 is 5.69 Å². The molecule has 0 aliphatic carbocycles. The second-order valence-corrected chi connectivity index (χ2v) is 7.12. The van der Waals surface area contributed by atoms with Crippen molar-refractivity contribution >= 4 is 28.4 Å². The first kappa shape index (κ1) is 19.8. The van der Waals surface area contributed by atoms with Crippen molar-refractivity contribution < 1.29 is 14.4 Å². The molecule has 0 bridgehead atoms. The standard InChI is InChI=1S/C22H22N4O4/c1-3-25-13-14(2)19(23-22(25)29)24-30-12-6-11-26-20(27)16-9-4-7-15-8-5-10-17(18(15)16)21(26)28/h4-5,7-10,13H,3,6,11-12H2,1-2H3,(H,23,24,29). The van der Waals surface area contributed by atoms with Crippen molar-refractivity contribution in [2.45, 2.75) is 26.8 Å². The van der Waals surface area contributed by atoms with E-state index in [1.807, 2.05) is 38.1 Å². The summed E-state index contributed by atoms with van der Waals surface area (Å²) in [6, 6.07) is 10.9. The molecule has 0 fully saturated rings. The zero-order valence-corrected chi connectivity index (χ0v) is 16.8. The van der Waals surface area contributed by atoms with Crippen molar-refractivity contribution in [2.24, 2.45) is 0 Å². The average molecular weight is 406 g/mol. The van der Waals surface area contributed by atoms with E-state index in [0.29, 0.717) is 35.3 Å². The molecule has 30 heavy (non-hydrogen) atoms. The van der Waals surface area contributed by atoms with Gasteiger partial charge < -0.3 is 0 Å². The zero-order chi connectivity index (χ0) is 21.3. The summed E-state index contributed by atoms with van der Waals surface area (Å²) in [4.78, 5) is 48.1. The molecule has 0 saturated heterocycles. The van der Waals surface area contributed by atoms with Crippen molar-refractivity contribution in [3.8, 4) is 0 Å². The van der Waals surface area contributed by atoms with Crippen LogP contribution < -0.4 is 11.2 Å². The van der Waals surface area contributed by atoms with Crippen LogP contribution in [-0.2, 0) is 11.4 Å². The lowest BCUT2D eigenvalue weighted by atomic mass is 9.94. The van der Waals surface area contributed by atoms with Crippen molar-refractivity contribution in [1.29, 1.82) is 0 Å². The van der Waals surface area contributed by atoms with Gasteiger partial charge in [0.25, 0.3) is 11.8 Å². The highest BCUT2D eigenvalue weighted by molar-refractivity contribution is 6.25. The van der Waals surface area contributed by atoms with E-state index in [9.17, 15) is 14.4 Å². The first-order valence-electron chi connectivity index (χ1n) is 9.85. The average Bonchev–Trinajstić information content (AvgIpc) is 2.75. The predicted octanol–water partition coefficient (Wildman–Crippen LogP) is 2.75. The van der Waals surface area contributed by atoms with Crippen LogP contribution in [0, 0.1) is 6.92 Å². The van der Waals surface area contributed by atoms with Crippen LogP contribution in [0.5, 0.6) is 0 Å². The van der Waals surface area contributed by atoms with E-state index in [1.54, 1.807) is 18.3 Å². The SMILES string of the molecule is CCn1cc(C)c(NOCCCN2C(=O)c3cccc4cccc(c34)C2=O)nc1=O. The number of aromatic nitrogens is 2. The molecular formula is C22H22N4O4. The number of carbonyl (C=O) groups excluding carboxylic acids is 2. The van der Waals surface area contributed by atoms with E-state index >= 15 is 0 Å². The van der Waals surface area contributed by atoms with E-state index in [2.05, 4.69) is 10.5 Å². The van der Waals surface area contributed by atoms with Gasteiger partial charge in [-0.15, -0.1) is 0 Å². The first-order chi connectivity index (χ1) is 14.5. The molecule has 154 valence electrons. The lowest BCUT2D eigenvalue weighted by Crippen LogP contribution is -2.41. The summed E-state index contributed by atoms with van der Waals surface area (Å²) in [6.07, 6.45) is 2.15. The summed E-state index contributed by atoms with van der Waals surface area (Å²) < 4.78 is 1.51. The highest BCUT2D eigenvalue weighted by Crippen LogP contribution is 2.29. The Morgan fingerprint density at radius 1 is 1.03 bits per heavy atom. The topological polar surface area (TPSA) is 93.5 Å². The Balaban J connectivity index is 1.38. The molecule has 0 spiro atoms. The summed E-state index contributed by atoms with van der Waals surface area (Å²) in [5, 5.41) is 1.60. The normalized spacial score (nSPS) is 13.2. The number of aryl methyl sites for hydroxylation is 2. The van der Waals surface area contributed by atoms with Crippen LogP contribution in [-0.4, -0.2) is 39.4 Å². The van der Waals surface area contributed by atoms with Gasteiger partial charge in [0.1, 0.15) is 0 Å². The Morgan fingerprint density at radius 3 is 2.33 bits per heavy atom. The molecule has 2 heterocycles. The maximum Gasteiger partial charge on any atom is 0.349 e. The predicted molar refractivity (Wildman–Crippen MR) is 112 cm³/mol. The number of nitrogens with zero attached hydrogens (tertiary/aromatic N) is 3. The largest absolute Gasteiger partial charge is 0.349 e. The molecule has 0 unspecified atom stereocenters. The molecule has 8 heteroatoms. The summed E-state index contributed by atoms with van der Waals surface area (Å²) in [7, 11) is 0. The van der Waals surface area contributed by atoms with Gasteiger partial charge in [0.15, 0.2) is 5.82 Å². The van der Waals surface area contributed by atoms with E-state index in [0.717, 1.165) is 10.9 Å². The van der Waals surface area contributed by atoms with E-state index in [4.69, 9.17) is 4.84 Å². The van der Waals surface area contributed by atoms with E-state index in [-0.39, 0.29) is 30.7 Å². The van der Waals surface area contributed by atoms with Gasteiger partial charge in [0.05, 0.1) is 6.61 Å². The van der Waals surface area contributed by atoms with Crippen molar-refractivity contribution in [1.82, 2.24) is 14.5 Å². The fourth-order valence-electron chi connectivity index (χ4n) is 3.63. The molecule has 0 radical (unpaired) electrons. The number of amides is 2. The van der Waals surface area contributed by atoms with Crippen LogP contribution in [0.4, 0.5) is 5.82 Å². The Morgan fingerprint density at radius 2 is 1.70 bits per heavy atom. The minimum Gasteiger partial charge on any atom is -0.299 e. The molecule has 0 saturated carbocycles. The highest BCUT2D eigenvalue weighted by Gasteiger charge is 2.32. The van der Waals surface area contributed by atoms with Crippen LogP contribution in [0.15, 0.2) is 47.4 Å². The van der Waals surface area contributed by atoms with Crippen LogP contribution in [0.25, 0.3) is 10.8 Å². The third-order valence-corrected chi connectivity index (χ3v) is 5.17. The summed E-state index contributed by atoms with van der Waals surface area (Å²) in [5.41, 5.74) is 4.19. The van der Waals surface area contributed by atoms with Gasteiger partial charge in [-0.1, -0.05) is 24.3 Å². The van der Waals surface area contributed by atoms with Gasteiger partial charge in [0.2, 0.25) is 0 Å². The van der Waals surface area contributed by atoms with Crippen molar-refractivity contribution in [3.63, 3.8) is 0 Å². The Bertz CT molecular complexity index is 1150. The maximum absolute atomic E-state index is 12.8. The van der Waals surface area contributed by atoms with E-state index in [1.165, 1.54) is 9.47 Å². The summed E-state index contributed by atoms with van der Waals surface area (Å²) in [6.45, 7) is 4.71. The molecule has 0 atom stereocenters. The third kappa shape index (κ3) is 3.46. The van der Waals surface area contributed by atoms with Gasteiger partial charge in [-0.3, -0.25) is 23.9 Å². The molecule has 3 aromatic rings. The molecule has 1 aromatic heterocycles. The molecule has 1 aliphatic rings. The molecule has 2 aromatic carbocycles. The number of carbonyl (C=O) groups is 2. The first-order valence-corrected chi connectivity index (χ1v) is 9.85. The van der Waals surface area contributed by atoms with Crippen LogP contribution >= 0.6 is 0 Å². The fraction of sp³-hybridized carbons (Fsp3) is 0.273. The highest BCUT2D eigenvalue weighted by atomic mass is 16.6. The van der Waals surface area contributed by atoms with Crippen LogP contribution in [0.2, 0.25) is 0 Å². The summed E-state index contributed by atoms with van der Waals surface area (Å²) >= 11 is 0.